The molecule has 2 aromatic rings. The average Bonchev–Trinajstić information content (AvgIpc) is 2.85. The highest BCUT2D eigenvalue weighted by molar-refractivity contribution is 9.10. The maximum absolute atomic E-state index is 11.9. The lowest BCUT2D eigenvalue weighted by Gasteiger charge is -2.07. The Morgan fingerprint density at radius 3 is 3.00 bits per heavy atom. The number of nitrogens with zero attached hydrogens (tertiary/aromatic N) is 5. The van der Waals surface area contributed by atoms with Crippen LogP contribution in [0.15, 0.2) is 32.7 Å². The molecular weight excluding hydrogens is 376 g/mol. The number of rotatable bonds is 5. The molecule has 0 aliphatic heterocycles. The molecule has 7 nitrogen and oxygen atoms in total. The van der Waals surface area contributed by atoms with Crippen LogP contribution in [0.1, 0.15) is 0 Å². The predicted octanol–water partition coefficient (Wildman–Crippen LogP) is 2.28. The Bertz CT molecular complexity index is 698. The minimum Gasteiger partial charge on any atom is -0.324 e. The van der Waals surface area contributed by atoms with Crippen molar-refractivity contribution in [2.75, 3.05) is 11.1 Å². The number of carbonyl (C=O) groups excluding carboxylic acids is 1. The number of thiocyanates is 1. The Hall–Kier alpha value is -1.57. The molecule has 108 valence electrons. The Balaban J connectivity index is 1.94. The first-order valence-corrected chi connectivity index (χ1v) is 8.20. The molecule has 0 saturated heterocycles. The number of hydrogen-bond acceptors (Lipinski definition) is 7. The second-order valence-corrected chi connectivity index (χ2v) is 6.41. The van der Waals surface area contributed by atoms with E-state index in [0.29, 0.717) is 10.8 Å². The molecule has 0 aliphatic rings. The van der Waals surface area contributed by atoms with E-state index in [4.69, 9.17) is 5.26 Å². The lowest BCUT2D eigenvalue weighted by atomic mass is 10.3. The molecule has 0 bridgehead atoms. The summed E-state index contributed by atoms with van der Waals surface area (Å²) in [4.78, 5) is 12.7. The Morgan fingerprint density at radius 1 is 1.57 bits per heavy atom. The predicted molar refractivity (Wildman–Crippen MR) is 83.8 cm³/mol. The van der Waals surface area contributed by atoms with E-state index < -0.39 is 0 Å². The van der Waals surface area contributed by atoms with Gasteiger partial charge in [-0.25, -0.2) is 4.68 Å². The summed E-state index contributed by atoms with van der Waals surface area (Å²) in [7, 11) is 1.71. The average molecular weight is 385 g/mol. The lowest BCUT2D eigenvalue weighted by Crippen LogP contribution is -2.14. The molecule has 0 atom stereocenters. The lowest BCUT2D eigenvalue weighted by molar-refractivity contribution is -0.113. The van der Waals surface area contributed by atoms with E-state index in [9.17, 15) is 4.79 Å². The molecule has 2 rings (SSSR count). The van der Waals surface area contributed by atoms with Gasteiger partial charge in [0, 0.05) is 16.4 Å². The molecule has 1 N–H and O–H groups in total. The van der Waals surface area contributed by atoms with Crippen molar-refractivity contribution >= 4 is 51.0 Å². The molecule has 1 aromatic carbocycles. The molecule has 1 aromatic heterocycles. The van der Waals surface area contributed by atoms with Crippen LogP contribution in [-0.2, 0) is 11.8 Å². The summed E-state index contributed by atoms with van der Waals surface area (Å²) < 4.78 is 2.23. The van der Waals surface area contributed by atoms with Gasteiger partial charge in [-0.2, -0.15) is 5.26 Å². The zero-order chi connectivity index (χ0) is 15.2. The summed E-state index contributed by atoms with van der Waals surface area (Å²) in [6.07, 6.45) is 0. The van der Waals surface area contributed by atoms with E-state index in [1.807, 2.05) is 5.40 Å². The summed E-state index contributed by atoms with van der Waals surface area (Å²) in [5, 5.41) is 24.9. The number of nitrogens with one attached hydrogen (secondary N) is 1. The zero-order valence-corrected chi connectivity index (χ0v) is 14.0. The van der Waals surface area contributed by atoms with Crippen molar-refractivity contribution in [3.05, 3.63) is 22.7 Å². The van der Waals surface area contributed by atoms with E-state index in [2.05, 4.69) is 36.8 Å². The number of amides is 1. The Morgan fingerprint density at radius 2 is 2.38 bits per heavy atom. The first kappa shape index (κ1) is 15.8. The minimum absolute atomic E-state index is 0.163. The highest BCUT2D eigenvalue weighted by atomic mass is 79.9. The van der Waals surface area contributed by atoms with Crippen LogP contribution in [0.2, 0.25) is 0 Å². The summed E-state index contributed by atoms with van der Waals surface area (Å²) in [6, 6.07) is 5.30. The topological polar surface area (TPSA) is 96.5 Å². The van der Waals surface area contributed by atoms with Gasteiger partial charge in [0.15, 0.2) is 0 Å². The number of tetrazole rings is 1. The van der Waals surface area contributed by atoms with Crippen molar-refractivity contribution in [2.24, 2.45) is 7.05 Å². The van der Waals surface area contributed by atoms with Crippen molar-refractivity contribution in [1.82, 2.24) is 20.2 Å². The molecule has 0 saturated carbocycles. The first-order valence-electron chi connectivity index (χ1n) is 5.60. The molecule has 0 unspecified atom stereocenters. The molecule has 0 radical (unpaired) electrons. The fourth-order valence-corrected chi connectivity index (χ4v) is 3.07. The molecule has 0 fully saturated rings. The van der Waals surface area contributed by atoms with Crippen molar-refractivity contribution in [1.29, 1.82) is 5.26 Å². The van der Waals surface area contributed by atoms with Crippen molar-refractivity contribution in [2.45, 2.75) is 10.1 Å². The second kappa shape index (κ2) is 7.44. The highest BCUT2D eigenvalue weighted by Crippen LogP contribution is 2.28. The van der Waals surface area contributed by atoms with Gasteiger partial charge in [0.1, 0.15) is 5.40 Å². The largest absolute Gasteiger partial charge is 0.324 e. The van der Waals surface area contributed by atoms with E-state index in [-0.39, 0.29) is 11.7 Å². The van der Waals surface area contributed by atoms with Crippen LogP contribution in [0, 0.1) is 10.7 Å². The van der Waals surface area contributed by atoms with Crippen molar-refractivity contribution < 1.29 is 4.79 Å². The number of halogens is 1. The van der Waals surface area contributed by atoms with E-state index in [1.54, 1.807) is 25.2 Å². The van der Waals surface area contributed by atoms with Gasteiger partial charge in [-0.05, 0) is 56.3 Å². The van der Waals surface area contributed by atoms with Crippen LogP contribution in [0.3, 0.4) is 0 Å². The number of aromatic nitrogens is 4. The van der Waals surface area contributed by atoms with Gasteiger partial charge in [-0.15, -0.1) is 5.10 Å². The Kier molecular flexibility index (Phi) is 5.60. The summed E-state index contributed by atoms with van der Waals surface area (Å²) >= 11 is 5.68. The van der Waals surface area contributed by atoms with Gasteiger partial charge in [-0.1, -0.05) is 11.8 Å². The molecule has 1 amide bonds. The van der Waals surface area contributed by atoms with Crippen LogP contribution < -0.4 is 5.32 Å². The molecular formula is C11H9BrN6OS2. The fourth-order valence-electron chi connectivity index (χ4n) is 1.37. The maximum atomic E-state index is 11.9. The van der Waals surface area contributed by atoms with Gasteiger partial charge in [0.2, 0.25) is 11.1 Å². The highest BCUT2D eigenvalue weighted by Gasteiger charge is 2.10. The molecule has 0 spiro atoms. The van der Waals surface area contributed by atoms with Gasteiger partial charge in [0.25, 0.3) is 0 Å². The maximum Gasteiger partial charge on any atom is 0.234 e. The summed E-state index contributed by atoms with van der Waals surface area (Å²) in [5.41, 5.74) is 0.652. The summed E-state index contributed by atoms with van der Waals surface area (Å²) in [6.45, 7) is 0. The van der Waals surface area contributed by atoms with E-state index in [1.165, 1.54) is 16.4 Å². The number of aryl methyl sites for hydroxylation is 1. The number of hydrogen-bond donors (Lipinski definition) is 1. The Labute approximate surface area is 137 Å². The van der Waals surface area contributed by atoms with Crippen LogP contribution in [0.25, 0.3) is 0 Å². The monoisotopic (exact) mass is 384 g/mol. The van der Waals surface area contributed by atoms with E-state index in [0.717, 1.165) is 21.1 Å². The zero-order valence-electron chi connectivity index (χ0n) is 10.8. The SMILES string of the molecule is Cn1nnnc1SCC(=O)Nc1ccc(SC#N)cc1Br. The van der Waals surface area contributed by atoms with Crippen LogP contribution in [0.5, 0.6) is 0 Å². The smallest absolute Gasteiger partial charge is 0.234 e. The summed E-state index contributed by atoms with van der Waals surface area (Å²) in [5.74, 6) is 0.0411. The fraction of sp³-hybridized carbons (Fsp3) is 0.182. The molecule has 21 heavy (non-hydrogen) atoms. The third-order valence-electron chi connectivity index (χ3n) is 2.29. The van der Waals surface area contributed by atoms with Crippen molar-refractivity contribution in [3.63, 3.8) is 0 Å². The van der Waals surface area contributed by atoms with Crippen molar-refractivity contribution in [3.8, 4) is 5.40 Å². The van der Waals surface area contributed by atoms with Crippen LogP contribution in [-0.4, -0.2) is 31.9 Å². The van der Waals surface area contributed by atoms with Crippen LogP contribution in [0.4, 0.5) is 5.69 Å². The van der Waals surface area contributed by atoms with Gasteiger partial charge in [0.05, 0.1) is 11.4 Å². The number of nitriles is 1. The van der Waals surface area contributed by atoms with E-state index >= 15 is 0 Å². The normalized spacial score (nSPS) is 10.1. The molecule has 0 aliphatic carbocycles. The third-order valence-corrected chi connectivity index (χ3v) is 4.54. The number of benzene rings is 1. The standard InChI is InChI=1S/C11H9BrN6OS2/c1-18-11(15-16-17-18)20-5-10(19)14-9-3-2-7(21-6-13)4-8(9)12/h2-4H,5H2,1H3,(H,14,19). The van der Waals surface area contributed by atoms with Crippen LogP contribution >= 0.6 is 39.5 Å². The number of anilines is 1. The van der Waals surface area contributed by atoms with Gasteiger partial charge < -0.3 is 5.32 Å². The van der Waals surface area contributed by atoms with Gasteiger partial charge >= 0.3 is 0 Å². The molecule has 10 heteroatoms. The second-order valence-electron chi connectivity index (χ2n) is 3.76. The first-order chi connectivity index (χ1) is 10.1. The number of thioether (sulfide) groups is 2. The third kappa shape index (κ3) is 4.45. The number of carbonyl (C=O) groups is 1. The quantitative estimate of drug-likeness (QED) is 0.623. The van der Waals surface area contributed by atoms with Gasteiger partial charge in [-0.3, -0.25) is 4.79 Å². The molecule has 1 heterocycles. The minimum atomic E-state index is -0.163.